The molecule has 0 bridgehead atoms. The number of carbonyl (C=O) groups excluding carboxylic acids is 2. The Hall–Kier alpha value is -1.30. The third-order valence-electron chi connectivity index (χ3n) is 11.8. The Bertz CT molecular complexity index is 1170. The van der Waals surface area contributed by atoms with Crippen LogP contribution in [-0.4, -0.2) is 148 Å². The summed E-state index contributed by atoms with van der Waals surface area (Å²) in [6.45, 7) is 16.3. The first-order chi connectivity index (χ1) is 23.4. The molecule has 0 aliphatic carbocycles. The van der Waals surface area contributed by atoms with Gasteiger partial charge in [0.05, 0.1) is 47.6 Å². The molecule has 0 aromatic heterocycles. The zero-order valence-corrected chi connectivity index (χ0v) is 32.9. The Kier molecular flexibility index (Phi) is 14.7. The van der Waals surface area contributed by atoms with Gasteiger partial charge in [0.25, 0.3) is 0 Å². The van der Waals surface area contributed by atoms with Crippen molar-refractivity contribution in [3.63, 3.8) is 0 Å². The van der Waals surface area contributed by atoms with Crippen molar-refractivity contribution >= 4 is 11.8 Å². The van der Waals surface area contributed by atoms with Gasteiger partial charge in [-0.25, -0.2) is 0 Å². The van der Waals surface area contributed by atoms with Gasteiger partial charge in [-0.1, -0.05) is 27.7 Å². The molecule has 0 saturated carbocycles. The monoisotopic (exact) mass is 733 g/mol. The molecule has 0 unspecified atom stereocenters. The number of aliphatic hydroxyl groups is 5. The predicted molar refractivity (Wildman–Crippen MR) is 186 cm³/mol. The fourth-order valence-electron chi connectivity index (χ4n) is 8.41. The second kappa shape index (κ2) is 17.0. The fraction of sp³-hybridized carbons (Fsp3) is 0.946. The van der Waals surface area contributed by atoms with Crippen molar-refractivity contribution in [3.8, 4) is 0 Å². The molecule has 3 rings (SSSR count). The van der Waals surface area contributed by atoms with Gasteiger partial charge in [-0.15, -0.1) is 0 Å². The smallest absolute Gasteiger partial charge is 0.311 e. The van der Waals surface area contributed by atoms with Crippen molar-refractivity contribution in [2.75, 3.05) is 21.2 Å². The van der Waals surface area contributed by atoms with E-state index in [1.807, 2.05) is 25.9 Å². The van der Waals surface area contributed by atoms with E-state index < -0.39 is 108 Å². The van der Waals surface area contributed by atoms with Crippen LogP contribution in [0.2, 0.25) is 0 Å². The van der Waals surface area contributed by atoms with Gasteiger partial charge in [-0.2, -0.15) is 0 Å². The third-order valence-corrected chi connectivity index (χ3v) is 11.8. The van der Waals surface area contributed by atoms with Crippen LogP contribution >= 0.6 is 0 Å². The summed E-state index contributed by atoms with van der Waals surface area (Å²) in [5, 5.41) is 57.6. The highest BCUT2D eigenvalue weighted by atomic mass is 16.7. The van der Waals surface area contributed by atoms with Crippen LogP contribution in [0.4, 0.5) is 0 Å². The van der Waals surface area contributed by atoms with Crippen molar-refractivity contribution in [1.82, 2.24) is 4.90 Å². The Balaban J connectivity index is 2.18. The number of likely N-dealkylation sites (N-methyl/N-ethyl adjacent to an activating group) is 1. The second-order valence-corrected chi connectivity index (χ2v) is 16.5. The highest BCUT2D eigenvalue weighted by Crippen LogP contribution is 2.40. The number of Topliss-reactive ketones (excluding diaryl/α,β-unsaturated/α-hetero) is 1. The Morgan fingerprint density at radius 1 is 0.882 bits per heavy atom. The van der Waals surface area contributed by atoms with Crippen LogP contribution in [0, 0.1) is 23.7 Å². The number of ketones is 1. The number of nitrogens with zero attached hydrogens (tertiary/aromatic N) is 1. The van der Waals surface area contributed by atoms with Gasteiger partial charge in [0.2, 0.25) is 0 Å². The second-order valence-electron chi connectivity index (χ2n) is 16.5. The molecule has 3 heterocycles. The molecule has 3 fully saturated rings. The maximum absolute atomic E-state index is 14.1. The predicted octanol–water partition coefficient (Wildman–Crippen LogP) is 1.79. The molecule has 0 aromatic rings. The summed E-state index contributed by atoms with van der Waals surface area (Å²) in [6, 6.07) is -0.324. The van der Waals surface area contributed by atoms with Crippen molar-refractivity contribution in [3.05, 3.63) is 0 Å². The van der Waals surface area contributed by atoms with Crippen LogP contribution in [0.25, 0.3) is 0 Å². The first-order valence-electron chi connectivity index (χ1n) is 18.5. The number of hydrogen-bond acceptors (Lipinski definition) is 14. The van der Waals surface area contributed by atoms with Gasteiger partial charge in [0.1, 0.15) is 29.7 Å². The molecule has 18 atom stereocenters. The van der Waals surface area contributed by atoms with E-state index in [2.05, 4.69) is 0 Å². The van der Waals surface area contributed by atoms with Crippen LogP contribution in [-0.2, 0) is 38.0 Å². The van der Waals surface area contributed by atoms with E-state index in [-0.39, 0.29) is 31.4 Å². The van der Waals surface area contributed by atoms with Crippen LogP contribution in [0.3, 0.4) is 0 Å². The topological polar surface area (TPSA) is 194 Å². The zero-order valence-electron chi connectivity index (χ0n) is 32.9. The first kappa shape index (κ1) is 44.1. The van der Waals surface area contributed by atoms with Crippen LogP contribution in [0.1, 0.15) is 94.9 Å². The average Bonchev–Trinajstić information content (AvgIpc) is 3.05. The van der Waals surface area contributed by atoms with E-state index in [0.717, 1.165) is 0 Å². The highest BCUT2D eigenvalue weighted by Gasteiger charge is 2.53. The largest absolute Gasteiger partial charge is 0.459 e. The van der Waals surface area contributed by atoms with Crippen molar-refractivity contribution in [2.24, 2.45) is 23.7 Å². The molecule has 0 radical (unpaired) electrons. The lowest BCUT2D eigenvalue weighted by molar-refractivity contribution is -0.318. The molecule has 0 aromatic carbocycles. The number of methoxy groups -OCH3 is 1. The summed E-state index contributed by atoms with van der Waals surface area (Å²) in [6.07, 6.45) is -9.71. The fourth-order valence-corrected chi connectivity index (χ4v) is 8.41. The quantitative estimate of drug-likeness (QED) is 0.238. The minimum absolute atomic E-state index is 0.0936. The number of carbonyl (C=O) groups is 2. The van der Waals surface area contributed by atoms with Crippen LogP contribution in [0.5, 0.6) is 0 Å². The molecule has 5 N–H and O–H groups in total. The number of aliphatic hydroxyl groups excluding tert-OH is 3. The summed E-state index contributed by atoms with van der Waals surface area (Å²) >= 11 is 0. The van der Waals surface area contributed by atoms with E-state index in [9.17, 15) is 35.1 Å². The van der Waals surface area contributed by atoms with Gasteiger partial charge in [-0.05, 0) is 74.9 Å². The lowest BCUT2D eigenvalue weighted by atomic mass is 9.74. The van der Waals surface area contributed by atoms with E-state index in [1.54, 1.807) is 41.5 Å². The number of cyclic esters (lactones) is 1. The number of rotatable bonds is 7. The maximum atomic E-state index is 14.1. The number of ether oxygens (including phenoxy) is 6. The molecule has 3 saturated heterocycles. The molecule has 14 heteroatoms. The first-order valence-corrected chi connectivity index (χ1v) is 18.5. The SMILES string of the molecule is CC[C@@H]1OC(=O)[C@@H](C)[C@H](O[C@H]2C[C@@](C)(OC)[C@@H](O)[C@H](C)O2)[C@@H](C)[C@H](O[C@@H]2O[C@H](C)C[C@H](N(C)C)[C@H]2O)[C@@](C)(O)C[C@H](C)C(=O)[C@H](C)[C@@H](O)[C@@]1(C)O. The lowest BCUT2D eigenvalue weighted by Gasteiger charge is -2.49. The Labute approximate surface area is 304 Å². The number of esters is 1. The molecule has 0 amide bonds. The van der Waals surface area contributed by atoms with Gasteiger partial charge in [0.15, 0.2) is 12.6 Å². The van der Waals surface area contributed by atoms with Crippen LogP contribution < -0.4 is 0 Å². The summed E-state index contributed by atoms with van der Waals surface area (Å²) < 4.78 is 37.1. The minimum Gasteiger partial charge on any atom is -0.459 e. The summed E-state index contributed by atoms with van der Waals surface area (Å²) in [5.41, 5.74) is -4.84. The molecular formula is C37H67NO13. The summed E-state index contributed by atoms with van der Waals surface area (Å²) in [5.74, 6) is -4.98. The highest BCUT2D eigenvalue weighted by molar-refractivity contribution is 5.83. The lowest BCUT2D eigenvalue weighted by Crippen LogP contribution is -2.61. The normalized spacial score (nSPS) is 49.7. The molecule has 3 aliphatic heterocycles. The van der Waals surface area contributed by atoms with Crippen molar-refractivity contribution < 1.29 is 63.5 Å². The minimum atomic E-state index is -1.99. The summed E-state index contributed by atoms with van der Waals surface area (Å²) in [7, 11) is 5.18. The molecule has 0 spiro atoms. The zero-order chi connectivity index (χ0) is 39.0. The third kappa shape index (κ3) is 9.51. The Morgan fingerprint density at radius 3 is 2.04 bits per heavy atom. The standard InChI is InChI=1S/C37H67NO13/c1-14-25-37(10,45)30(41)20(4)27(39)18(2)16-35(8,44)32(51-34-28(40)24(38(11)12)15-19(3)47-34)21(5)29(22(6)33(43)49-25)50-26-17-36(9,46-13)31(42)23(7)48-26/h18-26,28-32,34,40-42,44-45H,14-17H2,1-13H3/t18-,19+,20-,21+,22-,23-,24-,25-,26-,28+,29+,30+,31-,32-,34-,35-,36+,37-/m0/s1. The van der Waals surface area contributed by atoms with E-state index >= 15 is 0 Å². The molecule has 3 aliphatic rings. The Morgan fingerprint density at radius 2 is 1.49 bits per heavy atom. The van der Waals surface area contributed by atoms with Crippen molar-refractivity contribution in [1.29, 1.82) is 0 Å². The average molecular weight is 734 g/mol. The van der Waals surface area contributed by atoms with E-state index in [4.69, 9.17) is 28.4 Å². The number of hydrogen-bond donors (Lipinski definition) is 5. The summed E-state index contributed by atoms with van der Waals surface area (Å²) in [4.78, 5) is 29.8. The van der Waals surface area contributed by atoms with E-state index in [1.165, 1.54) is 27.9 Å². The van der Waals surface area contributed by atoms with Gasteiger partial charge >= 0.3 is 5.97 Å². The van der Waals surface area contributed by atoms with Gasteiger partial charge < -0.3 is 58.9 Å². The van der Waals surface area contributed by atoms with Gasteiger partial charge in [-0.3, -0.25) is 9.59 Å². The molecule has 298 valence electrons. The maximum Gasteiger partial charge on any atom is 0.311 e. The molecular weight excluding hydrogens is 666 g/mol. The molecule has 14 nitrogen and oxygen atoms in total. The van der Waals surface area contributed by atoms with E-state index in [0.29, 0.717) is 6.42 Å². The van der Waals surface area contributed by atoms with Crippen molar-refractivity contribution in [2.45, 2.75) is 179 Å². The molecule has 51 heavy (non-hydrogen) atoms. The van der Waals surface area contributed by atoms with Crippen LogP contribution in [0.15, 0.2) is 0 Å². The van der Waals surface area contributed by atoms with Gasteiger partial charge in [0, 0.05) is 37.3 Å².